The Bertz CT molecular complexity index is 468. The van der Waals surface area contributed by atoms with Gasteiger partial charge in [0.2, 0.25) is 0 Å². The van der Waals surface area contributed by atoms with Crippen molar-refractivity contribution in [2.75, 3.05) is 24.3 Å². The van der Waals surface area contributed by atoms with E-state index in [1.807, 2.05) is 0 Å². The topological polar surface area (TPSA) is 38.5 Å². The van der Waals surface area contributed by atoms with Crippen LogP contribution in [0.25, 0.3) is 0 Å². The van der Waals surface area contributed by atoms with Crippen molar-refractivity contribution in [1.29, 1.82) is 0 Å². The molecule has 3 heteroatoms. The number of piperidine rings is 1. The molecule has 104 valence electrons. The van der Waals surface area contributed by atoms with Gasteiger partial charge in [-0.2, -0.15) is 0 Å². The van der Waals surface area contributed by atoms with E-state index in [1.54, 1.807) is 7.11 Å². The molecule has 2 N–H and O–H groups in total. The molecule has 3 nitrogen and oxygen atoms in total. The lowest BCUT2D eigenvalue weighted by Gasteiger charge is -2.37. The fourth-order valence-electron chi connectivity index (χ4n) is 3.21. The van der Waals surface area contributed by atoms with Crippen LogP contribution >= 0.6 is 0 Å². The Hall–Kier alpha value is -1.38. The van der Waals surface area contributed by atoms with E-state index in [0.29, 0.717) is 6.04 Å². The van der Waals surface area contributed by atoms with E-state index in [1.165, 1.54) is 43.4 Å². The van der Waals surface area contributed by atoms with Crippen LogP contribution in [-0.2, 0) is 0 Å². The van der Waals surface area contributed by atoms with Crippen molar-refractivity contribution < 1.29 is 4.74 Å². The summed E-state index contributed by atoms with van der Waals surface area (Å²) in [4.78, 5) is 2.55. The molecule has 1 heterocycles. The molecule has 1 aliphatic carbocycles. The van der Waals surface area contributed by atoms with Gasteiger partial charge < -0.3 is 15.4 Å². The number of methoxy groups -OCH3 is 1. The Labute approximate surface area is 115 Å². The van der Waals surface area contributed by atoms with E-state index >= 15 is 0 Å². The summed E-state index contributed by atoms with van der Waals surface area (Å²) in [6.45, 7) is 3.49. The minimum atomic E-state index is 0.625. The van der Waals surface area contributed by atoms with Gasteiger partial charge in [0.1, 0.15) is 5.75 Å². The van der Waals surface area contributed by atoms with Crippen LogP contribution in [0, 0.1) is 0 Å². The molecule has 1 unspecified atom stereocenters. The first-order valence-corrected chi connectivity index (χ1v) is 7.44. The van der Waals surface area contributed by atoms with Gasteiger partial charge in [-0.3, -0.25) is 0 Å². The third-order valence-corrected chi connectivity index (χ3v) is 4.51. The predicted octanol–water partition coefficient (Wildman–Crippen LogP) is 3.53. The van der Waals surface area contributed by atoms with Crippen molar-refractivity contribution in [1.82, 2.24) is 0 Å². The maximum atomic E-state index is 6.09. The van der Waals surface area contributed by atoms with Gasteiger partial charge in [-0.25, -0.2) is 0 Å². The number of benzene rings is 1. The molecule has 1 aliphatic heterocycles. The summed E-state index contributed by atoms with van der Waals surface area (Å²) in [6, 6.07) is 4.93. The van der Waals surface area contributed by atoms with Gasteiger partial charge in [0.15, 0.2) is 0 Å². The molecule has 1 atom stereocenters. The lowest BCUT2D eigenvalue weighted by atomic mass is 9.99. The van der Waals surface area contributed by atoms with E-state index in [0.717, 1.165) is 23.9 Å². The van der Waals surface area contributed by atoms with Crippen LogP contribution in [0.2, 0.25) is 0 Å². The fraction of sp³-hybridized carbons (Fsp3) is 0.625. The van der Waals surface area contributed by atoms with E-state index in [4.69, 9.17) is 10.5 Å². The molecule has 0 bridgehead atoms. The number of hydrogen-bond acceptors (Lipinski definition) is 3. The minimum absolute atomic E-state index is 0.625. The highest BCUT2D eigenvalue weighted by Crippen LogP contribution is 2.47. The van der Waals surface area contributed by atoms with E-state index in [9.17, 15) is 0 Å². The normalized spacial score (nSPS) is 23.5. The second-order valence-corrected chi connectivity index (χ2v) is 5.97. The highest BCUT2D eigenvalue weighted by atomic mass is 16.5. The summed E-state index contributed by atoms with van der Waals surface area (Å²) in [5.74, 6) is 1.54. The molecule has 1 aromatic carbocycles. The second kappa shape index (κ2) is 4.95. The van der Waals surface area contributed by atoms with Crippen molar-refractivity contribution in [2.45, 2.75) is 51.0 Å². The lowest BCUT2D eigenvalue weighted by Crippen LogP contribution is -2.38. The van der Waals surface area contributed by atoms with Crippen molar-refractivity contribution in [3.05, 3.63) is 17.7 Å². The van der Waals surface area contributed by atoms with Gasteiger partial charge in [-0.05, 0) is 56.6 Å². The fourth-order valence-corrected chi connectivity index (χ4v) is 3.21. The van der Waals surface area contributed by atoms with Crippen LogP contribution in [0.1, 0.15) is 50.5 Å². The summed E-state index contributed by atoms with van der Waals surface area (Å²) in [5.41, 5.74) is 9.66. The SMILES string of the molecule is COc1cc(N2CCCCC2C)c(C2CC2)cc1N. The number of ether oxygens (including phenoxy) is 1. The molecule has 1 aromatic rings. The highest BCUT2D eigenvalue weighted by molar-refractivity contribution is 5.69. The number of hydrogen-bond donors (Lipinski definition) is 1. The molecule has 2 aliphatic rings. The highest BCUT2D eigenvalue weighted by Gasteiger charge is 2.30. The molecule has 3 rings (SSSR count). The van der Waals surface area contributed by atoms with E-state index < -0.39 is 0 Å². The number of anilines is 2. The Balaban J connectivity index is 2.01. The average molecular weight is 260 g/mol. The molecule has 1 saturated carbocycles. The zero-order valence-electron chi connectivity index (χ0n) is 12.0. The average Bonchev–Trinajstić information content (AvgIpc) is 3.24. The summed E-state index contributed by atoms with van der Waals surface area (Å²) in [5, 5.41) is 0. The summed E-state index contributed by atoms with van der Waals surface area (Å²) in [7, 11) is 1.70. The quantitative estimate of drug-likeness (QED) is 0.845. The van der Waals surface area contributed by atoms with Crippen LogP contribution in [0.3, 0.4) is 0 Å². The Morgan fingerprint density at radius 1 is 1.21 bits per heavy atom. The van der Waals surface area contributed by atoms with E-state index in [2.05, 4.69) is 24.0 Å². The van der Waals surface area contributed by atoms with Gasteiger partial charge >= 0.3 is 0 Å². The molecule has 0 radical (unpaired) electrons. The number of nitrogens with zero attached hydrogens (tertiary/aromatic N) is 1. The summed E-state index contributed by atoms with van der Waals surface area (Å²) < 4.78 is 5.42. The molecule has 0 aromatic heterocycles. The van der Waals surface area contributed by atoms with Crippen LogP contribution < -0.4 is 15.4 Å². The van der Waals surface area contributed by atoms with E-state index in [-0.39, 0.29) is 0 Å². The standard InChI is InChI=1S/C16H24N2O/c1-11-5-3-4-8-18(11)15-10-16(19-2)14(17)9-13(15)12-6-7-12/h9-12H,3-8,17H2,1-2H3. The molecule has 0 amide bonds. The Morgan fingerprint density at radius 3 is 2.63 bits per heavy atom. The maximum Gasteiger partial charge on any atom is 0.143 e. The largest absolute Gasteiger partial charge is 0.495 e. The van der Waals surface area contributed by atoms with Crippen molar-refractivity contribution in [2.24, 2.45) is 0 Å². The smallest absolute Gasteiger partial charge is 0.143 e. The van der Waals surface area contributed by atoms with Crippen molar-refractivity contribution >= 4 is 11.4 Å². The minimum Gasteiger partial charge on any atom is -0.495 e. The molecular formula is C16H24N2O. The van der Waals surface area contributed by atoms with Gasteiger partial charge in [0.25, 0.3) is 0 Å². The summed E-state index contributed by atoms with van der Waals surface area (Å²) in [6.07, 6.45) is 6.54. The number of nitrogens with two attached hydrogens (primary N) is 1. The van der Waals surface area contributed by atoms with Crippen molar-refractivity contribution in [3.8, 4) is 5.75 Å². The third-order valence-electron chi connectivity index (χ3n) is 4.51. The first-order chi connectivity index (χ1) is 9.20. The second-order valence-electron chi connectivity index (χ2n) is 5.97. The lowest BCUT2D eigenvalue weighted by molar-refractivity contribution is 0.416. The summed E-state index contributed by atoms with van der Waals surface area (Å²) >= 11 is 0. The Kier molecular flexibility index (Phi) is 3.29. The first-order valence-electron chi connectivity index (χ1n) is 7.44. The third kappa shape index (κ3) is 2.38. The van der Waals surface area contributed by atoms with Gasteiger partial charge in [-0.15, -0.1) is 0 Å². The molecule has 19 heavy (non-hydrogen) atoms. The first kappa shape index (κ1) is 12.6. The zero-order chi connectivity index (χ0) is 13.4. The number of nitrogen functional groups attached to an aromatic ring is 1. The Morgan fingerprint density at radius 2 is 2.00 bits per heavy atom. The van der Waals surface area contributed by atoms with Crippen LogP contribution in [0.15, 0.2) is 12.1 Å². The number of rotatable bonds is 3. The van der Waals surface area contributed by atoms with Crippen LogP contribution in [-0.4, -0.2) is 19.7 Å². The molecular weight excluding hydrogens is 236 g/mol. The van der Waals surface area contributed by atoms with Gasteiger partial charge in [0.05, 0.1) is 12.8 Å². The molecule has 0 spiro atoms. The molecule has 1 saturated heterocycles. The monoisotopic (exact) mass is 260 g/mol. The van der Waals surface area contributed by atoms with Crippen LogP contribution in [0.5, 0.6) is 5.75 Å². The van der Waals surface area contributed by atoms with Crippen LogP contribution in [0.4, 0.5) is 11.4 Å². The maximum absolute atomic E-state index is 6.09. The zero-order valence-corrected chi connectivity index (χ0v) is 12.0. The predicted molar refractivity (Wildman–Crippen MR) is 80.0 cm³/mol. The van der Waals surface area contributed by atoms with Crippen molar-refractivity contribution in [3.63, 3.8) is 0 Å². The van der Waals surface area contributed by atoms with Gasteiger partial charge in [-0.1, -0.05) is 0 Å². The van der Waals surface area contributed by atoms with Gasteiger partial charge in [0, 0.05) is 24.3 Å². The molecule has 2 fully saturated rings.